The maximum Gasteiger partial charge on any atom is 0.262 e. The summed E-state index contributed by atoms with van der Waals surface area (Å²) in [5, 5.41) is 0. The van der Waals surface area contributed by atoms with Crippen LogP contribution in [0.25, 0.3) is 0 Å². The van der Waals surface area contributed by atoms with E-state index >= 15 is 0 Å². The van der Waals surface area contributed by atoms with Crippen LogP contribution in [-0.4, -0.2) is 49.3 Å². The lowest BCUT2D eigenvalue weighted by atomic mass is 9.91. The van der Waals surface area contributed by atoms with Crippen molar-refractivity contribution in [2.75, 3.05) is 26.3 Å². The summed E-state index contributed by atoms with van der Waals surface area (Å²) in [6.45, 7) is 3.74. The zero-order valence-electron chi connectivity index (χ0n) is 12.4. The highest BCUT2D eigenvalue weighted by molar-refractivity contribution is 7.18. The molecule has 0 bridgehead atoms. The van der Waals surface area contributed by atoms with Gasteiger partial charge in [-0.05, 0) is 25.7 Å². The van der Waals surface area contributed by atoms with E-state index in [-0.39, 0.29) is 6.10 Å². The van der Waals surface area contributed by atoms with Gasteiger partial charge in [-0.3, -0.25) is 9.69 Å². The van der Waals surface area contributed by atoms with Gasteiger partial charge in [0.2, 0.25) is 0 Å². The third-order valence-corrected chi connectivity index (χ3v) is 5.65. The molecule has 0 atom stereocenters. The first kappa shape index (κ1) is 16.1. The molecule has 7 heteroatoms. The van der Waals surface area contributed by atoms with Gasteiger partial charge in [0.05, 0.1) is 23.7 Å². The van der Waals surface area contributed by atoms with Crippen LogP contribution in [0.15, 0.2) is 6.07 Å². The molecule has 0 unspecified atom stereocenters. The Hall–Kier alpha value is -0.820. The second kappa shape index (κ2) is 7.17. The molecule has 122 valence electrons. The van der Waals surface area contributed by atoms with Crippen LogP contribution in [0.4, 0.5) is 0 Å². The number of carbonyl (C=O) groups is 1. The molecule has 1 aromatic rings. The third-order valence-electron chi connectivity index (χ3n) is 4.39. The minimum absolute atomic E-state index is 0.140. The van der Waals surface area contributed by atoms with Crippen LogP contribution in [-0.2, 0) is 4.74 Å². The summed E-state index contributed by atoms with van der Waals surface area (Å²) >= 11 is 7.14. The molecule has 0 aromatic carbocycles. The van der Waals surface area contributed by atoms with Gasteiger partial charge in [0.1, 0.15) is 10.6 Å². The van der Waals surface area contributed by atoms with E-state index in [0.717, 1.165) is 52.0 Å². The van der Waals surface area contributed by atoms with Gasteiger partial charge in [-0.2, -0.15) is 0 Å². The molecule has 5 nitrogen and oxygen atoms in total. The Morgan fingerprint density at radius 3 is 2.64 bits per heavy atom. The van der Waals surface area contributed by atoms with Gasteiger partial charge in [-0.15, -0.1) is 11.3 Å². The van der Waals surface area contributed by atoms with Crippen LogP contribution in [0.1, 0.15) is 35.4 Å². The quantitative estimate of drug-likeness (QED) is 0.911. The highest BCUT2D eigenvalue weighted by Crippen LogP contribution is 2.35. The lowest BCUT2D eigenvalue weighted by Gasteiger charge is -2.38. The number of hydrogen-bond donors (Lipinski definition) is 1. The number of nitrogens with zero attached hydrogens (tertiary/aromatic N) is 1. The van der Waals surface area contributed by atoms with Crippen molar-refractivity contribution in [1.82, 2.24) is 4.90 Å². The van der Waals surface area contributed by atoms with Gasteiger partial charge in [0.25, 0.3) is 5.91 Å². The summed E-state index contributed by atoms with van der Waals surface area (Å²) in [6.07, 6.45) is 4.37. The average molecular weight is 345 g/mol. The van der Waals surface area contributed by atoms with Gasteiger partial charge >= 0.3 is 0 Å². The summed E-state index contributed by atoms with van der Waals surface area (Å²) < 4.78 is 11.9. The summed E-state index contributed by atoms with van der Waals surface area (Å²) in [6, 6.07) is 2.32. The van der Waals surface area contributed by atoms with Crippen molar-refractivity contribution >= 4 is 28.8 Å². The molecule has 2 aliphatic rings. The predicted octanol–water partition coefficient (Wildman–Crippen LogP) is 2.52. The molecule has 1 aliphatic carbocycles. The van der Waals surface area contributed by atoms with E-state index in [4.69, 9.17) is 26.8 Å². The van der Waals surface area contributed by atoms with E-state index in [1.807, 2.05) is 0 Å². The van der Waals surface area contributed by atoms with Gasteiger partial charge < -0.3 is 15.2 Å². The maximum absolute atomic E-state index is 11.4. The topological polar surface area (TPSA) is 64.8 Å². The summed E-state index contributed by atoms with van der Waals surface area (Å²) in [5.41, 5.74) is 5.37. The third kappa shape index (κ3) is 3.74. The molecule has 1 aliphatic heterocycles. The first-order chi connectivity index (χ1) is 10.6. The van der Waals surface area contributed by atoms with Gasteiger partial charge in [-0.1, -0.05) is 11.6 Å². The van der Waals surface area contributed by atoms with E-state index < -0.39 is 5.91 Å². The van der Waals surface area contributed by atoms with Crippen LogP contribution in [0, 0.1) is 0 Å². The number of nitrogens with two attached hydrogens (primary N) is 1. The van der Waals surface area contributed by atoms with Crippen molar-refractivity contribution in [2.24, 2.45) is 5.73 Å². The van der Waals surface area contributed by atoms with Crippen molar-refractivity contribution in [3.8, 4) is 5.75 Å². The first-order valence-electron chi connectivity index (χ1n) is 7.71. The molecule has 1 saturated carbocycles. The Kier molecular flexibility index (Phi) is 5.23. The number of primary amides is 1. The highest BCUT2D eigenvalue weighted by Gasteiger charge is 2.28. The van der Waals surface area contributed by atoms with Gasteiger partial charge in [0, 0.05) is 25.2 Å². The summed E-state index contributed by atoms with van der Waals surface area (Å²) in [7, 11) is 0. The summed E-state index contributed by atoms with van der Waals surface area (Å²) in [5.74, 6) is 0.0613. The normalized spacial score (nSPS) is 26.8. The number of rotatable bonds is 4. The molecule has 0 radical (unpaired) electrons. The van der Waals surface area contributed by atoms with Gasteiger partial charge in [0.15, 0.2) is 0 Å². The lowest BCUT2D eigenvalue weighted by Crippen LogP contribution is -2.46. The Morgan fingerprint density at radius 1 is 1.32 bits per heavy atom. The Morgan fingerprint density at radius 2 is 2.00 bits per heavy atom. The molecule has 1 aromatic heterocycles. The van der Waals surface area contributed by atoms with Crippen molar-refractivity contribution in [2.45, 2.75) is 37.8 Å². The van der Waals surface area contributed by atoms with Crippen LogP contribution in [0.2, 0.25) is 4.34 Å². The number of morpholine rings is 1. The second-order valence-electron chi connectivity index (χ2n) is 5.80. The second-order valence-corrected chi connectivity index (χ2v) is 7.49. The minimum atomic E-state index is -0.478. The van der Waals surface area contributed by atoms with Crippen LogP contribution in [0.3, 0.4) is 0 Å². The molecule has 1 saturated heterocycles. The molecule has 22 heavy (non-hydrogen) atoms. The van der Waals surface area contributed by atoms with Crippen molar-refractivity contribution in [3.05, 3.63) is 15.3 Å². The minimum Gasteiger partial charge on any atom is -0.489 e. The SMILES string of the molecule is NC(=O)c1sc(Cl)cc1OC1CCC(N2CCOCC2)CC1. The molecule has 2 fully saturated rings. The average Bonchev–Trinajstić information content (AvgIpc) is 2.90. The van der Waals surface area contributed by atoms with E-state index in [0.29, 0.717) is 21.0 Å². The van der Waals surface area contributed by atoms with Crippen molar-refractivity contribution in [3.63, 3.8) is 0 Å². The van der Waals surface area contributed by atoms with Crippen LogP contribution >= 0.6 is 22.9 Å². The molecular formula is C15H21ClN2O3S. The molecule has 2 N–H and O–H groups in total. The summed E-state index contributed by atoms with van der Waals surface area (Å²) in [4.78, 5) is 14.4. The van der Waals surface area contributed by atoms with Crippen LogP contribution < -0.4 is 10.5 Å². The van der Waals surface area contributed by atoms with Crippen molar-refractivity contribution in [1.29, 1.82) is 0 Å². The van der Waals surface area contributed by atoms with E-state index in [2.05, 4.69) is 4.90 Å². The fourth-order valence-electron chi connectivity index (χ4n) is 3.26. The molecule has 3 rings (SSSR count). The lowest BCUT2D eigenvalue weighted by molar-refractivity contribution is -0.00104. The molecule has 1 amide bonds. The Balaban J connectivity index is 1.54. The maximum atomic E-state index is 11.4. The largest absolute Gasteiger partial charge is 0.489 e. The zero-order valence-corrected chi connectivity index (χ0v) is 14.0. The first-order valence-corrected chi connectivity index (χ1v) is 8.90. The number of hydrogen-bond acceptors (Lipinski definition) is 5. The fraction of sp³-hybridized carbons (Fsp3) is 0.667. The number of thiophene rings is 1. The number of amides is 1. The standard InChI is InChI=1S/C15H21ClN2O3S/c16-13-9-12(14(22-13)15(17)19)21-11-3-1-10(2-4-11)18-5-7-20-8-6-18/h9-11H,1-8H2,(H2,17,19). The number of halogens is 1. The van der Waals surface area contributed by atoms with Gasteiger partial charge in [-0.25, -0.2) is 0 Å². The molecular weight excluding hydrogens is 324 g/mol. The monoisotopic (exact) mass is 344 g/mol. The van der Waals surface area contributed by atoms with Crippen LogP contribution in [0.5, 0.6) is 5.75 Å². The molecule has 0 spiro atoms. The van der Waals surface area contributed by atoms with E-state index in [9.17, 15) is 4.79 Å². The highest BCUT2D eigenvalue weighted by atomic mass is 35.5. The van der Waals surface area contributed by atoms with E-state index in [1.165, 1.54) is 11.3 Å². The predicted molar refractivity (Wildman–Crippen MR) is 86.9 cm³/mol. The fourth-order valence-corrected chi connectivity index (χ4v) is 4.26. The Bertz CT molecular complexity index is 523. The Labute approximate surface area is 139 Å². The zero-order chi connectivity index (χ0) is 15.5. The number of ether oxygens (including phenoxy) is 2. The molecule has 2 heterocycles. The number of carbonyl (C=O) groups excluding carboxylic acids is 1. The smallest absolute Gasteiger partial charge is 0.262 e. The van der Waals surface area contributed by atoms with Crippen molar-refractivity contribution < 1.29 is 14.3 Å². The van der Waals surface area contributed by atoms with E-state index in [1.54, 1.807) is 6.07 Å².